The van der Waals surface area contributed by atoms with Crippen LogP contribution in [0.5, 0.6) is 17.2 Å². The van der Waals surface area contributed by atoms with E-state index in [2.05, 4.69) is 19.2 Å². The number of benzene rings is 2. The Labute approximate surface area is 161 Å². The minimum Gasteiger partial charge on any atom is -0.508 e. The third-order valence-corrected chi connectivity index (χ3v) is 4.25. The Morgan fingerprint density at radius 1 is 1.11 bits per heavy atom. The van der Waals surface area contributed by atoms with Crippen molar-refractivity contribution >= 4 is 5.91 Å². The maximum atomic E-state index is 12.3. The Balaban J connectivity index is 1.95. The van der Waals surface area contributed by atoms with E-state index in [0.29, 0.717) is 36.9 Å². The third-order valence-electron chi connectivity index (χ3n) is 4.25. The molecular formula is C22H29NO4. The number of amides is 1. The number of phenolic OH excluding ortho intramolecular Hbond substituents is 1. The summed E-state index contributed by atoms with van der Waals surface area (Å²) in [5, 5.41) is 12.8. The standard InChI is InChI=1S/C22H29NO4/c1-15(2)14-27-20-11-9-18(13-21(20)26-4)16(3)23-22(25)12-10-17-7-5-6-8-19(17)24/h5-9,11,13,15-16,24H,10,12,14H2,1-4H3,(H,23,25). The van der Waals surface area contributed by atoms with Gasteiger partial charge in [0, 0.05) is 6.42 Å². The first-order chi connectivity index (χ1) is 12.9. The van der Waals surface area contributed by atoms with Crippen LogP contribution in [0.1, 0.15) is 44.4 Å². The van der Waals surface area contributed by atoms with E-state index in [-0.39, 0.29) is 17.7 Å². The third kappa shape index (κ3) is 6.20. The summed E-state index contributed by atoms with van der Waals surface area (Å²) in [7, 11) is 1.61. The van der Waals surface area contributed by atoms with Crippen molar-refractivity contribution in [3.05, 3.63) is 53.6 Å². The van der Waals surface area contributed by atoms with Crippen LogP contribution in [0.2, 0.25) is 0 Å². The molecule has 146 valence electrons. The average molecular weight is 371 g/mol. The topological polar surface area (TPSA) is 67.8 Å². The van der Waals surface area contributed by atoms with E-state index in [9.17, 15) is 9.90 Å². The lowest BCUT2D eigenvalue weighted by Crippen LogP contribution is -2.26. The van der Waals surface area contributed by atoms with Crippen LogP contribution in [-0.2, 0) is 11.2 Å². The fraction of sp³-hybridized carbons (Fsp3) is 0.409. The highest BCUT2D eigenvalue weighted by atomic mass is 16.5. The minimum atomic E-state index is -0.157. The predicted molar refractivity (Wildman–Crippen MR) is 106 cm³/mol. The number of nitrogens with one attached hydrogen (secondary N) is 1. The lowest BCUT2D eigenvalue weighted by molar-refractivity contribution is -0.121. The maximum Gasteiger partial charge on any atom is 0.220 e. The molecule has 5 nitrogen and oxygen atoms in total. The zero-order valence-corrected chi connectivity index (χ0v) is 16.5. The van der Waals surface area contributed by atoms with Crippen molar-refractivity contribution in [2.45, 2.75) is 39.7 Å². The molecule has 0 saturated heterocycles. The van der Waals surface area contributed by atoms with Gasteiger partial charge in [0.15, 0.2) is 11.5 Å². The first-order valence-corrected chi connectivity index (χ1v) is 9.27. The Bertz CT molecular complexity index is 758. The molecule has 1 atom stereocenters. The summed E-state index contributed by atoms with van der Waals surface area (Å²) in [6.45, 7) is 6.73. The van der Waals surface area contributed by atoms with Gasteiger partial charge in [-0.15, -0.1) is 0 Å². The quantitative estimate of drug-likeness (QED) is 0.692. The molecule has 0 spiro atoms. The number of ether oxygens (including phenoxy) is 2. The SMILES string of the molecule is COc1cc(C(C)NC(=O)CCc2ccccc2O)ccc1OCC(C)C. The fourth-order valence-corrected chi connectivity index (χ4v) is 2.70. The molecule has 0 aliphatic carbocycles. The molecule has 2 aromatic rings. The van der Waals surface area contributed by atoms with Crippen molar-refractivity contribution in [3.63, 3.8) is 0 Å². The smallest absolute Gasteiger partial charge is 0.220 e. The Hall–Kier alpha value is -2.69. The van der Waals surface area contributed by atoms with Crippen molar-refractivity contribution in [2.75, 3.05) is 13.7 Å². The van der Waals surface area contributed by atoms with Crippen molar-refractivity contribution in [3.8, 4) is 17.2 Å². The largest absolute Gasteiger partial charge is 0.508 e. The number of rotatable bonds is 9. The van der Waals surface area contributed by atoms with Gasteiger partial charge in [-0.1, -0.05) is 38.1 Å². The minimum absolute atomic E-state index is 0.0649. The monoisotopic (exact) mass is 371 g/mol. The fourth-order valence-electron chi connectivity index (χ4n) is 2.70. The molecule has 0 radical (unpaired) electrons. The van der Waals surface area contributed by atoms with Crippen LogP contribution < -0.4 is 14.8 Å². The second-order valence-corrected chi connectivity index (χ2v) is 7.03. The van der Waals surface area contributed by atoms with Gasteiger partial charge in [0.25, 0.3) is 0 Å². The van der Waals surface area contributed by atoms with E-state index in [1.54, 1.807) is 19.2 Å². The average Bonchev–Trinajstić information content (AvgIpc) is 2.65. The molecule has 0 bridgehead atoms. The molecule has 0 fully saturated rings. The molecule has 0 heterocycles. The van der Waals surface area contributed by atoms with E-state index < -0.39 is 0 Å². The molecule has 2 rings (SSSR count). The van der Waals surface area contributed by atoms with Gasteiger partial charge in [0.05, 0.1) is 19.8 Å². The van der Waals surface area contributed by atoms with E-state index >= 15 is 0 Å². The Morgan fingerprint density at radius 3 is 2.52 bits per heavy atom. The van der Waals surface area contributed by atoms with Crippen molar-refractivity contribution < 1.29 is 19.4 Å². The van der Waals surface area contributed by atoms with Crippen molar-refractivity contribution in [1.82, 2.24) is 5.32 Å². The van der Waals surface area contributed by atoms with Crippen molar-refractivity contribution in [2.24, 2.45) is 5.92 Å². The van der Waals surface area contributed by atoms with Crippen LogP contribution in [0, 0.1) is 5.92 Å². The summed E-state index contributed by atoms with van der Waals surface area (Å²) < 4.78 is 11.2. The van der Waals surface area contributed by atoms with Crippen LogP contribution in [0.15, 0.2) is 42.5 Å². The van der Waals surface area contributed by atoms with Crippen molar-refractivity contribution in [1.29, 1.82) is 0 Å². The number of phenols is 1. The van der Waals surface area contributed by atoms with E-state index in [4.69, 9.17) is 9.47 Å². The summed E-state index contributed by atoms with van der Waals surface area (Å²) in [6, 6.07) is 12.6. The molecule has 0 aromatic heterocycles. The first kappa shape index (κ1) is 20.6. The predicted octanol–water partition coefficient (Wildman–Crippen LogP) is 4.25. The van der Waals surface area contributed by atoms with Gasteiger partial charge in [0.1, 0.15) is 5.75 Å². The van der Waals surface area contributed by atoms with Gasteiger partial charge in [-0.3, -0.25) is 4.79 Å². The summed E-state index contributed by atoms with van der Waals surface area (Å²) in [5.74, 6) is 1.94. The normalized spacial score (nSPS) is 11.9. The highest BCUT2D eigenvalue weighted by molar-refractivity contribution is 5.76. The number of methoxy groups -OCH3 is 1. The van der Waals surface area contributed by atoms with Gasteiger partial charge in [0.2, 0.25) is 5.91 Å². The van der Waals surface area contributed by atoms with E-state index in [1.807, 2.05) is 37.3 Å². The summed E-state index contributed by atoms with van der Waals surface area (Å²) >= 11 is 0. The number of para-hydroxylation sites is 1. The molecule has 27 heavy (non-hydrogen) atoms. The number of hydrogen-bond donors (Lipinski definition) is 2. The van der Waals surface area contributed by atoms with Crippen LogP contribution in [0.25, 0.3) is 0 Å². The Morgan fingerprint density at radius 2 is 1.85 bits per heavy atom. The lowest BCUT2D eigenvalue weighted by Gasteiger charge is -2.18. The zero-order chi connectivity index (χ0) is 19.8. The van der Waals surface area contributed by atoms with Gasteiger partial charge in [-0.05, 0) is 48.6 Å². The number of carbonyl (C=O) groups excluding carboxylic acids is 1. The molecule has 1 amide bonds. The highest BCUT2D eigenvalue weighted by Gasteiger charge is 2.14. The molecule has 1 unspecified atom stereocenters. The number of hydrogen-bond acceptors (Lipinski definition) is 4. The zero-order valence-electron chi connectivity index (χ0n) is 16.5. The Kier molecular flexibility index (Phi) is 7.53. The molecule has 2 N–H and O–H groups in total. The molecule has 5 heteroatoms. The van der Waals surface area contributed by atoms with Crippen LogP contribution in [0.3, 0.4) is 0 Å². The van der Waals surface area contributed by atoms with E-state index in [1.165, 1.54) is 0 Å². The molecule has 0 saturated carbocycles. The van der Waals surface area contributed by atoms with Gasteiger partial charge >= 0.3 is 0 Å². The van der Waals surface area contributed by atoms with Gasteiger partial charge in [-0.2, -0.15) is 0 Å². The molecular weight excluding hydrogens is 342 g/mol. The number of aromatic hydroxyl groups is 1. The molecule has 2 aromatic carbocycles. The first-order valence-electron chi connectivity index (χ1n) is 9.27. The number of carbonyl (C=O) groups is 1. The summed E-state index contributed by atoms with van der Waals surface area (Å²) in [4.78, 5) is 12.3. The van der Waals surface area contributed by atoms with E-state index in [0.717, 1.165) is 11.1 Å². The van der Waals surface area contributed by atoms with Gasteiger partial charge < -0.3 is 19.9 Å². The van der Waals surface area contributed by atoms with Crippen LogP contribution >= 0.6 is 0 Å². The molecule has 0 aliphatic heterocycles. The van der Waals surface area contributed by atoms with Gasteiger partial charge in [-0.25, -0.2) is 0 Å². The van der Waals surface area contributed by atoms with Crippen LogP contribution in [0.4, 0.5) is 0 Å². The summed E-state index contributed by atoms with van der Waals surface area (Å²) in [5.41, 5.74) is 1.72. The number of aryl methyl sites for hydroxylation is 1. The lowest BCUT2D eigenvalue weighted by atomic mass is 10.1. The highest BCUT2D eigenvalue weighted by Crippen LogP contribution is 2.30. The second-order valence-electron chi connectivity index (χ2n) is 7.03. The molecule has 0 aliphatic rings. The second kappa shape index (κ2) is 9.86. The van der Waals surface area contributed by atoms with Crippen LogP contribution in [-0.4, -0.2) is 24.7 Å². The summed E-state index contributed by atoms with van der Waals surface area (Å²) in [6.07, 6.45) is 0.811. The maximum absolute atomic E-state index is 12.3.